The zero-order valence-corrected chi connectivity index (χ0v) is 10.9. The molecule has 1 amide bonds. The minimum absolute atomic E-state index is 0.0285. The summed E-state index contributed by atoms with van der Waals surface area (Å²) in [6.45, 7) is 1.18. The lowest BCUT2D eigenvalue weighted by atomic mass is 10.1. The van der Waals surface area contributed by atoms with E-state index in [-0.39, 0.29) is 24.1 Å². The minimum atomic E-state index is -0.319. The van der Waals surface area contributed by atoms with E-state index < -0.39 is 0 Å². The molecular weight excluding hydrogens is 247 g/mol. The SMILES string of the molecule is CN(CC(=O)N1CCC(=O)CC1)c1cccc(F)c1. The van der Waals surface area contributed by atoms with Gasteiger partial charge in [0.25, 0.3) is 0 Å². The van der Waals surface area contributed by atoms with E-state index >= 15 is 0 Å². The predicted molar refractivity (Wildman–Crippen MR) is 70.5 cm³/mol. The summed E-state index contributed by atoms with van der Waals surface area (Å²) in [5.74, 6) is -0.137. The molecule has 1 heterocycles. The van der Waals surface area contributed by atoms with Crippen LogP contribution in [0.2, 0.25) is 0 Å². The Kier molecular flexibility index (Phi) is 4.14. The fraction of sp³-hybridized carbons (Fsp3) is 0.429. The zero-order valence-electron chi connectivity index (χ0n) is 10.9. The van der Waals surface area contributed by atoms with Crippen molar-refractivity contribution in [2.24, 2.45) is 0 Å². The molecule has 0 aliphatic carbocycles. The lowest BCUT2D eigenvalue weighted by molar-refractivity contribution is -0.133. The Bertz CT molecular complexity index is 480. The lowest BCUT2D eigenvalue weighted by Crippen LogP contribution is -2.43. The normalized spacial score (nSPS) is 15.5. The summed E-state index contributed by atoms with van der Waals surface area (Å²) in [7, 11) is 1.75. The number of likely N-dealkylation sites (N-methyl/N-ethyl adjacent to an activating group) is 1. The number of likely N-dealkylation sites (tertiary alicyclic amines) is 1. The molecule has 0 N–H and O–H groups in total. The Hall–Kier alpha value is -1.91. The monoisotopic (exact) mass is 264 g/mol. The highest BCUT2D eigenvalue weighted by atomic mass is 19.1. The molecule has 1 aliphatic rings. The molecule has 0 bridgehead atoms. The van der Waals surface area contributed by atoms with Gasteiger partial charge in [-0.2, -0.15) is 0 Å². The van der Waals surface area contributed by atoms with Gasteiger partial charge in [-0.3, -0.25) is 9.59 Å². The number of hydrogen-bond acceptors (Lipinski definition) is 3. The number of halogens is 1. The summed E-state index contributed by atoms with van der Waals surface area (Å²) >= 11 is 0. The summed E-state index contributed by atoms with van der Waals surface area (Å²) in [6, 6.07) is 6.14. The second-order valence-corrected chi connectivity index (χ2v) is 4.76. The fourth-order valence-corrected chi connectivity index (χ4v) is 2.11. The maximum atomic E-state index is 13.1. The van der Waals surface area contributed by atoms with Gasteiger partial charge >= 0.3 is 0 Å². The molecule has 102 valence electrons. The molecule has 1 aromatic carbocycles. The summed E-state index contributed by atoms with van der Waals surface area (Å²) < 4.78 is 13.1. The van der Waals surface area contributed by atoms with E-state index in [0.29, 0.717) is 31.6 Å². The highest BCUT2D eigenvalue weighted by Gasteiger charge is 2.21. The van der Waals surface area contributed by atoms with Gasteiger partial charge in [-0.1, -0.05) is 6.07 Å². The molecule has 0 aromatic heterocycles. The first-order valence-corrected chi connectivity index (χ1v) is 6.32. The topological polar surface area (TPSA) is 40.6 Å². The number of ketones is 1. The number of rotatable bonds is 3. The molecule has 19 heavy (non-hydrogen) atoms. The van der Waals surface area contributed by atoms with Crippen molar-refractivity contribution >= 4 is 17.4 Å². The molecular formula is C14H17FN2O2. The number of carbonyl (C=O) groups is 2. The van der Waals surface area contributed by atoms with Crippen LogP contribution in [0.1, 0.15) is 12.8 Å². The zero-order chi connectivity index (χ0) is 13.8. The third-order valence-electron chi connectivity index (χ3n) is 3.30. The predicted octanol–water partition coefficient (Wildman–Crippen LogP) is 1.45. The van der Waals surface area contributed by atoms with Gasteiger partial charge in [0.05, 0.1) is 6.54 Å². The standard InChI is InChI=1S/C14H17FN2O2/c1-16(12-4-2-3-11(15)9-12)10-14(19)17-7-5-13(18)6-8-17/h2-4,9H,5-8,10H2,1H3. The number of anilines is 1. The van der Waals surface area contributed by atoms with E-state index in [4.69, 9.17) is 0 Å². The van der Waals surface area contributed by atoms with Gasteiger partial charge in [0.1, 0.15) is 11.6 Å². The van der Waals surface area contributed by atoms with Crippen LogP contribution in [-0.2, 0) is 9.59 Å². The second-order valence-electron chi connectivity index (χ2n) is 4.76. The number of piperidine rings is 1. The maximum absolute atomic E-state index is 13.1. The first-order valence-electron chi connectivity index (χ1n) is 6.32. The Balaban J connectivity index is 1.93. The maximum Gasteiger partial charge on any atom is 0.242 e. The van der Waals surface area contributed by atoms with E-state index in [0.717, 1.165) is 0 Å². The highest BCUT2D eigenvalue weighted by Crippen LogP contribution is 2.14. The van der Waals surface area contributed by atoms with Crippen LogP contribution in [0.25, 0.3) is 0 Å². The average Bonchev–Trinajstić information content (AvgIpc) is 2.39. The van der Waals surface area contributed by atoms with Crippen LogP contribution < -0.4 is 4.90 Å². The second kappa shape index (κ2) is 5.82. The molecule has 2 rings (SSSR count). The van der Waals surface area contributed by atoms with Crippen LogP contribution in [0.5, 0.6) is 0 Å². The smallest absolute Gasteiger partial charge is 0.242 e. The van der Waals surface area contributed by atoms with E-state index in [2.05, 4.69) is 0 Å². The molecule has 0 atom stereocenters. The van der Waals surface area contributed by atoms with Gasteiger partial charge in [0, 0.05) is 38.7 Å². The van der Waals surface area contributed by atoms with E-state index in [9.17, 15) is 14.0 Å². The van der Waals surface area contributed by atoms with Crippen LogP contribution in [0, 0.1) is 5.82 Å². The molecule has 1 aliphatic heterocycles. The molecule has 0 radical (unpaired) electrons. The summed E-state index contributed by atoms with van der Waals surface area (Å²) in [5, 5.41) is 0. The van der Waals surface area contributed by atoms with Crippen LogP contribution in [0.3, 0.4) is 0 Å². The molecule has 1 saturated heterocycles. The fourth-order valence-electron chi connectivity index (χ4n) is 2.11. The quantitative estimate of drug-likeness (QED) is 0.829. The Morgan fingerprint density at radius 3 is 2.68 bits per heavy atom. The van der Waals surface area contributed by atoms with Gasteiger partial charge in [-0.05, 0) is 18.2 Å². The van der Waals surface area contributed by atoms with Crippen molar-refractivity contribution in [3.05, 3.63) is 30.1 Å². The van der Waals surface area contributed by atoms with Crippen molar-refractivity contribution in [1.29, 1.82) is 0 Å². The number of nitrogens with zero attached hydrogens (tertiary/aromatic N) is 2. The lowest BCUT2D eigenvalue weighted by Gasteiger charge is -2.28. The first kappa shape index (κ1) is 13.5. The molecule has 5 heteroatoms. The Morgan fingerprint density at radius 1 is 1.37 bits per heavy atom. The van der Waals surface area contributed by atoms with Gasteiger partial charge in [-0.25, -0.2) is 4.39 Å². The van der Waals surface area contributed by atoms with Gasteiger partial charge in [0.2, 0.25) is 5.91 Å². The molecule has 0 unspecified atom stereocenters. The molecule has 0 spiro atoms. The third-order valence-corrected chi connectivity index (χ3v) is 3.30. The number of carbonyl (C=O) groups excluding carboxylic acids is 2. The number of hydrogen-bond donors (Lipinski definition) is 0. The van der Waals surface area contributed by atoms with Gasteiger partial charge in [-0.15, -0.1) is 0 Å². The van der Waals surface area contributed by atoms with E-state index in [1.165, 1.54) is 12.1 Å². The molecule has 1 fully saturated rings. The highest BCUT2D eigenvalue weighted by molar-refractivity contribution is 5.85. The summed E-state index contributed by atoms with van der Waals surface area (Å²) in [4.78, 5) is 26.6. The Labute approximate surface area is 111 Å². The van der Waals surface area contributed by atoms with Crippen molar-refractivity contribution in [1.82, 2.24) is 4.90 Å². The third kappa shape index (κ3) is 3.53. The van der Waals surface area contributed by atoms with Crippen molar-refractivity contribution in [3.8, 4) is 0 Å². The summed E-state index contributed by atoms with van der Waals surface area (Å²) in [6.07, 6.45) is 0.880. The molecule has 4 nitrogen and oxygen atoms in total. The number of amides is 1. The molecule has 0 saturated carbocycles. The van der Waals surface area contributed by atoms with Crippen molar-refractivity contribution < 1.29 is 14.0 Å². The van der Waals surface area contributed by atoms with E-state index in [1.807, 2.05) is 0 Å². The van der Waals surface area contributed by atoms with Gasteiger partial charge in [0.15, 0.2) is 0 Å². The van der Waals surface area contributed by atoms with Crippen molar-refractivity contribution in [2.75, 3.05) is 31.6 Å². The van der Waals surface area contributed by atoms with Crippen molar-refractivity contribution in [3.63, 3.8) is 0 Å². The first-order chi connectivity index (χ1) is 9.06. The van der Waals surface area contributed by atoms with E-state index in [1.54, 1.807) is 29.0 Å². The van der Waals surface area contributed by atoms with Crippen LogP contribution >= 0.6 is 0 Å². The van der Waals surface area contributed by atoms with Crippen LogP contribution in [0.15, 0.2) is 24.3 Å². The van der Waals surface area contributed by atoms with Crippen molar-refractivity contribution in [2.45, 2.75) is 12.8 Å². The van der Waals surface area contributed by atoms with Crippen LogP contribution in [0.4, 0.5) is 10.1 Å². The average molecular weight is 264 g/mol. The largest absolute Gasteiger partial charge is 0.365 e. The number of benzene rings is 1. The number of Topliss-reactive ketones (excluding diaryl/α,β-unsaturated/α-hetero) is 1. The van der Waals surface area contributed by atoms with Gasteiger partial charge < -0.3 is 9.80 Å². The minimum Gasteiger partial charge on any atom is -0.365 e. The van der Waals surface area contributed by atoms with Crippen LogP contribution in [-0.4, -0.2) is 43.3 Å². The Morgan fingerprint density at radius 2 is 2.05 bits per heavy atom. The molecule has 1 aromatic rings. The summed E-state index contributed by atoms with van der Waals surface area (Å²) in [5.41, 5.74) is 0.668.